The smallest absolute Gasteiger partial charge is 0.322 e. The molecule has 0 saturated heterocycles. The molecular formula is C23H20N4O4. The SMILES string of the molecule is CN(CC(=O)Nc1cccc2ccccc12)C(=O)Nc1ccc2c(c1)C(=O)N(C)C2=O. The van der Waals surface area contributed by atoms with Crippen LogP contribution in [0.5, 0.6) is 0 Å². The van der Waals surface area contributed by atoms with Crippen molar-refractivity contribution in [3.8, 4) is 0 Å². The summed E-state index contributed by atoms with van der Waals surface area (Å²) in [4.78, 5) is 51.3. The van der Waals surface area contributed by atoms with Crippen LogP contribution in [0.3, 0.4) is 0 Å². The minimum Gasteiger partial charge on any atom is -0.324 e. The fourth-order valence-corrected chi connectivity index (χ4v) is 3.47. The van der Waals surface area contributed by atoms with Gasteiger partial charge in [0.25, 0.3) is 11.8 Å². The number of anilines is 2. The van der Waals surface area contributed by atoms with E-state index < -0.39 is 11.9 Å². The first-order valence-corrected chi connectivity index (χ1v) is 9.61. The first-order chi connectivity index (χ1) is 14.8. The van der Waals surface area contributed by atoms with Gasteiger partial charge in [-0.3, -0.25) is 19.3 Å². The van der Waals surface area contributed by atoms with Crippen molar-refractivity contribution in [3.05, 3.63) is 71.8 Å². The fourth-order valence-electron chi connectivity index (χ4n) is 3.47. The second kappa shape index (κ2) is 7.91. The van der Waals surface area contributed by atoms with Crippen molar-refractivity contribution >= 4 is 45.9 Å². The first kappa shape index (κ1) is 20.1. The van der Waals surface area contributed by atoms with E-state index in [4.69, 9.17) is 0 Å². The molecule has 0 spiro atoms. The summed E-state index contributed by atoms with van der Waals surface area (Å²) in [7, 11) is 2.90. The molecule has 31 heavy (non-hydrogen) atoms. The van der Waals surface area contributed by atoms with Crippen LogP contribution in [0.15, 0.2) is 60.7 Å². The maximum absolute atomic E-state index is 12.5. The van der Waals surface area contributed by atoms with Gasteiger partial charge >= 0.3 is 6.03 Å². The lowest BCUT2D eigenvalue weighted by molar-refractivity contribution is -0.116. The molecular weight excluding hydrogens is 396 g/mol. The molecule has 1 aliphatic rings. The molecule has 156 valence electrons. The van der Waals surface area contributed by atoms with Crippen LogP contribution in [-0.4, -0.2) is 54.2 Å². The van der Waals surface area contributed by atoms with Crippen LogP contribution in [0.2, 0.25) is 0 Å². The van der Waals surface area contributed by atoms with E-state index in [-0.39, 0.29) is 23.9 Å². The number of hydrogen-bond acceptors (Lipinski definition) is 4. The van der Waals surface area contributed by atoms with Crippen molar-refractivity contribution in [2.75, 3.05) is 31.3 Å². The monoisotopic (exact) mass is 416 g/mol. The highest BCUT2D eigenvalue weighted by atomic mass is 16.2. The predicted octanol–water partition coefficient (Wildman–Crippen LogP) is 3.17. The number of urea groups is 1. The van der Waals surface area contributed by atoms with Gasteiger partial charge in [0.1, 0.15) is 6.54 Å². The summed E-state index contributed by atoms with van der Waals surface area (Å²) >= 11 is 0. The Bertz CT molecular complexity index is 1230. The van der Waals surface area contributed by atoms with E-state index in [0.29, 0.717) is 16.9 Å². The van der Waals surface area contributed by atoms with E-state index in [9.17, 15) is 19.2 Å². The molecule has 1 heterocycles. The molecule has 0 saturated carbocycles. The molecule has 3 aromatic rings. The number of likely N-dealkylation sites (N-methyl/N-ethyl adjacent to an activating group) is 1. The number of amides is 5. The maximum atomic E-state index is 12.5. The lowest BCUT2D eigenvalue weighted by Crippen LogP contribution is -2.37. The van der Waals surface area contributed by atoms with Crippen molar-refractivity contribution in [3.63, 3.8) is 0 Å². The molecule has 0 aliphatic carbocycles. The van der Waals surface area contributed by atoms with Crippen LogP contribution in [0.25, 0.3) is 10.8 Å². The first-order valence-electron chi connectivity index (χ1n) is 9.61. The minimum atomic E-state index is -0.516. The van der Waals surface area contributed by atoms with Gasteiger partial charge in [-0.1, -0.05) is 36.4 Å². The zero-order valence-electron chi connectivity index (χ0n) is 17.0. The quantitative estimate of drug-likeness (QED) is 0.638. The van der Waals surface area contributed by atoms with E-state index in [1.165, 1.54) is 31.1 Å². The van der Waals surface area contributed by atoms with Crippen LogP contribution in [0, 0.1) is 0 Å². The van der Waals surface area contributed by atoms with Gasteiger partial charge in [0.05, 0.1) is 11.1 Å². The fraction of sp³-hybridized carbons (Fsp3) is 0.130. The summed E-state index contributed by atoms with van der Waals surface area (Å²) in [6.07, 6.45) is 0. The topological polar surface area (TPSA) is 98.8 Å². The third kappa shape index (κ3) is 3.83. The molecule has 0 fully saturated rings. The van der Waals surface area contributed by atoms with Crippen molar-refractivity contribution in [2.24, 2.45) is 0 Å². The number of carbonyl (C=O) groups is 4. The maximum Gasteiger partial charge on any atom is 0.322 e. The number of hydrogen-bond donors (Lipinski definition) is 2. The molecule has 8 heteroatoms. The molecule has 3 aromatic carbocycles. The van der Waals surface area contributed by atoms with Crippen LogP contribution in [-0.2, 0) is 4.79 Å². The molecule has 4 rings (SSSR count). The van der Waals surface area contributed by atoms with E-state index >= 15 is 0 Å². The normalized spacial score (nSPS) is 12.6. The Kier molecular flexibility index (Phi) is 5.12. The van der Waals surface area contributed by atoms with Crippen molar-refractivity contribution in [1.82, 2.24) is 9.80 Å². The summed E-state index contributed by atoms with van der Waals surface area (Å²) in [5, 5.41) is 7.39. The second-order valence-electron chi connectivity index (χ2n) is 7.29. The molecule has 0 atom stereocenters. The summed E-state index contributed by atoms with van der Waals surface area (Å²) in [5.74, 6) is -1.13. The van der Waals surface area contributed by atoms with Crippen molar-refractivity contribution < 1.29 is 19.2 Å². The Morgan fingerprint density at radius 1 is 0.903 bits per heavy atom. The van der Waals surface area contributed by atoms with Gasteiger partial charge < -0.3 is 15.5 Å². The molecule has 0 bridgehead atoms. The molecule has 1 aliphatic heterocycles. The second-order valence-corrected chi connectivity index (χ2v) is 7.29. The van der Waals surface area contributed by atoms with Gasteiger partial charge in [-0.05, 0) is 29.7 Å². The number of rotatable bonds is 4. The van der Waals surface area contributed by atoms with Gasteiger partial charge in [-0.15, -0.1) is 0 Å². The third-order valence-electron chi connectivity index (χ3n) is 5.13. The predicted molar refractivity (Wildman–Crippen MR) is 117 cm³/mol. The lowest BCUT2D eigenvalue weighted by atomic mass is 10.1. The highest BCUT2D eigenvalue weighted by molar-refractivity contribution is 6.21. The Hall–Kier alpha value is -4.20. The Balaban J connectivity index is 1.40. The van der Waals surface area contributed by atoms with E-state index in [0.717, 1.165) is 15.7 Å². The van der Waals surface area contributed by atoms with Crippen molar-refractivity contribution in [1.29, 1.82) is 0 Å². The minimum absolute atomic E-state index is 0.167. The average Bonchev–Trinajstić information content (AvgIpc) is 2.97. The number of benzene rings is 3. The van der Waals surface area contributed by atoms with Crippen LogP contribution in [0.4, 0.5) is 16.2 Å². The zero-order chi connectivity index (χ0) is 22.1. The summed E-state index contributed by atoms with van der Waals surface area (Å²) < 4.78 is 0. The third-order valence-corrected chi connectivity index (χ3v) is 5.13. The number of carbonyl (C=O) groups excluding carboxylic acids is 4. The zero-order valence-corrected chi connectivity index (χ0v) is 17.0. The number of nitrogens with zero attached hydrogens (tertiary/aromatic N) is 2. The van der Waals surface area contributed by atoms with E-state index in [1.807, 2.05) is 36.4 Å². The summed E-state index contributed by atoms with van der Waals surface area (Å²) in [6, 6.07) is 17.3. The van der Waals surface area contributed by atoms with Crippen molar-refractivity contribution in [2.45, 2.75) is 0 Å². The molecule has 0 aromatic heterocycles. The van der Waals surface area contributed by atoms with Crippen LogP contribution >= 0.6 is 0 Å². The summed E-state index contributed by atoms with van der Waals surface area (Å²) in [5.41, 5.74) is 1.57. The van der Waals surface area contributed by atoms with Crippen LogP contribution in [0.1, 0.15) is 20.7 Å². The van der Waals surface area contributed by atoms with Gasteiger partial charge in [0.2, 0.25) is 5.91 Å². The standard InChI is InChI=1S/C23H20N4O4/c1-26(13-20(28)25-19-9-5-7-14-6-3-4-8-16(14)19)23(31)24-15-10-11-17-18(12-15)22(30)27(2)21(17)29/h3-12H,13H2,1-2H3,(H,24,31)(H,25,28). The Morgan fingerprint density at radius 2 is 1.61 bits per heavy atom. The number of nitrogens with one attached hydrogen (secondary N) is 2. The molecule has 0 radical (unpaired) electrons. The van der Waals surface area contributed by atoms with Gasteiger partial charge in [-0.2, -0.15) is 0 Å². The largest absolute Gasteiger partial charge is 0.324 e. The van der Waals surface area contributed by atoms with Gasteiger partial charge in [-0.25, -0.2) is 4.79 Å². The van der Waals surface area contributed by atoms with Gasteiger partial charge in [0.15, 0.2) is 0 Å². The lowest BCUT2D eigenvalue weighted by Gasteiger charge is -2.18. The molecule has 0 unspecified atom stereocenters. The van der Waals surface area contributed by atoms with Crippen LogP contribution < -0.4 is 10.6 Å². The van der Waals surface area contributed by atoms with Gasteiger partial charge in [0, 0.05) is 30.9 Å². The molecule has 2 N–H and O–H groups in total. The number of fused-ring (bicyclic) bond motifs is 2. The van der Waals surface area contributed by atoms with E-state index in [2.05, 4.69) is 10.6 Å². The Morgan fingerprint density at radius 3 is 2.42 bits per heavy atom. The van der Waals surface area contributed by atoms with E-state index in [1.54, 1.807) is 12.1 Å². The highest BCUT2D eigenvalue weighted by Gasteiger charge is 2.32. The molecule has 8 nitrogen and oxygen atoms in total. The molecule has 5 amide bonds. The summed E-state index contributed by atoms with van der Waals surface area (Å²) in [6.45, 7) is -0.167. The average molecular weight is 416 g/mol. The Labute approximate surface area is 178 Å². The highest BCUT2D eigenvalue weighted by Crippen LogP contribution is 2.25. The number of imide groups is 1.